The normalized spacial score (nSPS) is 17.4. The van der Waals surface area contributed by atoms with Gasteiger partial charge in [-0.1, -0.05) is 0 Å². The Bertz CT molecular complexity index is 596. The SMILES string of the molecule is COc1cc(C2(O)CC2)c(Br)c2cc(C)oc12. The fourth-order valence-corrected chi connectivity index (χ4v) is 2.92. The average Bonchev–Trinajstić information content (AvgIpc) is 2.89. The number of halogens is 1. The Labute approximate surface area is 108 Å². The minimum Gasteiger partial charge on any atom is -0.493 e. The number of fused-ring (bicyclic) bond motifs is 1. The zero-order chi connectivity index (χ0) is 12.2. The van der Waals surface area contributed by atoms with E-state index in [2.05, 4.69) is 15.9 Å². The molecule has 0 aliphatic heterocycles. The fourth-order valence-electron chi connectivity index (χ4n) is 2.14. The Morgan fingerprint density at radius 3 is 2.71 bits per heavy atom. The highest BCUT2D eigenvalue weighted by Gasteiger charge is 2.44. The first-order chi connectivity index (χ1) is 8.05. The van der Waals surface area contributed by atoms with Crippen LogP contribution in [0.4, 0.5) is 0 Å². The Kier molecular flexibility index (Phi) is 2.28. The summed E-state index contributed by atoms with van der Waals surface area (Å²) < 4.78 is 11.9. The Hall–Kier alpha value is -1.00. The monoisotopic (exact) mass is 296 g/mol. The number of aliphatic hydroxyl groups is 1. The van der Waals surface area contributed by atoms with Crippen molar-refractivity contribution in [2.45, 2.75) is 25.4 Å². The molecule has 1 N–H and O–H groups in total. The zero-order valence-electron chi connectivity index (χ0n) is 9.71. The van der Waals surface area contributed by atoms with Crippen LogP contribution in [-0.4, -0.2) is 12.2 Å². The van der Waals surface area contributed by atoms with Gasteiger partial charge in [0.25, 0.3) is 0 Å². The zero-order valence-corrected chi connectivity index (χ0v) is 11.3. The molecule has 0 saturated heterocycles. The minimum atomic E-state index is -0.689. The lowest BCUT2D eigenvalue weighted by atomic mass is 10.0. The summed E-state index contributed by atoms with van der Waals surface area (Å²) in [5, 5.41) is 11.2. The van der Waals surface area contributed by atoms with Crippen LogP contribution in [0.3, 0.4) is 0 Å². The Balaban J connectivity index is 2.34. The van der Waals surface area contributed by atoms with Crippen molar-refractivity contribution in [3.05, 3.63) is 27.9 Å². The molecule has 1 aliphatic carbocycles. The minimum absolute atomic E-state index is 0.673. The number of methoxy groups -OCH3 is 1. The number of hydrogen-bond acceptors (Lipinski definition) is 3. The molecule has 0 bridgehead atoms. The van der Waals surface area contributed by atoms with E-state index in [1.54, 1.807) is 7.11 Å². The number of aryl methyl sites for hydroxylation is 1. The van der Waals surface area contributed by atoms with E-state index in [4.69, 9.17) is 9.15 Å². The summed E-state index contributed by atoms with van der Waals surface area (Å²) >= 11 is 3.56. The molecule has 1 aromatic heterocycles. The highest BCUT2D eigenvalue weighted by molar-refractivity contribution is 9.10. The lowest BCUT2D eigenvalue weighted by Gasteiger charge is -2.13. The third-order valence-electron chi connectivity index (χ3n) is 3.27. The maximum atomic E-state index is 10.3. The maximum absolute atomic E-state index is 10.3. The third kappa shape index (κ3) is 1.58. The molecular formula is C13H13BrO3. The Morgan fingerprint density at radius 2 is 2.12 bits per heavy atom. The first-order valence-corrected chi connectivity index (χ1v) is 6.34. The maximum Gasteiger partial charge on any atom is 0.177 e. The predicted octanol–water partition coefficient (Wildman–Crippen LogP) is 3.49. The molecule has 1 aromatic carbocycles. The van der Waals surface area contributed by atoms with Crippen molar-refractivity contribution >= 4 is 26.9 Å². The number of rotatable bonds is 2. The molecule has 0 unspecified atom stereocenters. The second-order valence-corrected chi connectivity index (χ2v) is 5.36. The third-order valence-corrected chi connectivity index (χ3v) is 4.13. The van der Waals surface area contributed by atoms with E-state index >= 15 is 0 Å². The van der Waals surface area contributed by atoms with Gasteiger partial charge >= 0.3 is 0 Å². The summed E-state index contributed by atoms with van der Waals surface area (Å²) in [4.78, 5) is 0. The summed E-state index contributed by atoms with van der Waals surface area (Å²) in [6.45, 7) is 1.90. The highest BCUT2D eigenvalue weighted by atomic mass is 79.9. The van der Waals surface area contributed by atoms with Gasteiger partial charge in [0.1, 0.15) is 5.76 Å². The molecule has 90 valence electrons. The average molecular weight is 297 g/mol. The van der Waals surface area contributed by atoms with Gasteiger partial charge in [-0.15, -0.1) is 0 Å². The van der Waals surface area contributed by atoms with Gasteiger partial charge in [-0.05, 0) is 47.8 Å². The highest BCUT2D eigenvalue weighted by Crippen LogP contribution is 2.51. The van der Waals surface area contributed by atoms with E-state index in [9.17, 15) is 5.11 Å². The second-order valence-electron chi connectivity index (χ2n) is 4.57. The molecule has 1 saturated carbocycles. The molecule has 0 atom stereocenters. The van der Waals surface area contributed by atoms with Crippen LogP contribution in [0.15, 0.2) is 21.0 Å². The summed E-state index contributed by atoms with van der Waals surface area (Å²) in [6.07, 6.45) is 1.61. The van der Waals surface area contributed by atoms with E-state index in [-0.39, 0.29) is 0 Å². The first-order valence-electron chi connectivity index (χ1n) is 5.55. The van der Waals surface area contributed by atoms with Crippen molar-refractivity contribution in [3.8, 4) is 5.75 Å². The van der Waals surface area contributed by atoms with Gasteiger partial charge in [-0.25, -0.2) is 0 Å². The summed E-state index contributed by atoms with van der Waals surface area (Å²) in [6, 6.07) is 3.82. The molecule has 2 aromatic rings. The standard InChI is InChI=1S/C13H13BrO3/c1-7-5-8-11(14)9(13(15)3-4-13)6-10(16-2)12(8)17-7/h5-6,15H,3-4H2,1-2H3. The van der Waals surface area contributed by atoms with Gasteiger partial charge < -0.3 is 14.3 Å². The smallest absolute Gasteiger partial charge is 0.177 e. The van der Waals surface area contributed by atoms with Crippen molar-refractivity contribution in [3.63, 3.8) is 0 Å². The molecule has 1 aliphatic rings. The van der Waals surface area contributed by atoms with Gasteiger partial charge in [0.15, 0.2) is 11.3 Å². The molecule has 0 radical (unpaired) electrons. The van der Waals surface area contributed by atoms with Gasteiger partial charge in [0, 0.05) is 15.4 Å². The van der Waals surface area contributed by atoms with Crippen molar-refractivity contribution in [2.24, 2.45) is 0 Å². The van der Waals surface area contributed by atoms with Gasteiger partial charge in [0.2, 0.25) is 0 Å². The van der Waals surface area contributed by atoms with Crippen LogP contribution in [0.5, 0.6) is 5.75 Å². The van der Waals surface area contributed by atoms with Crippen LogP contribution in [0.1, 0.15) is 24.2 Å². The number of furan rings is 1. The Morgan fingerprint density at radius 1 is 1.41 bits per heavy atom. The molecule has 0 spiro atoms. The quantitative estimate of drug-likeness (QED) is 0.922. The van der Waals surface area contributed by atoms with E-state index < -0.39 is 5.60 Å². The van der Waals surface area contributed by atoms with Gasteiger partial charge in [-0.2, -0.15) is 0 Å². The van der Waals surface area contributed by atoms with Crippen molar-refractivity contribution in [1.82, 2.24) is 0 Å². The van der Waals surface area contributed by atoms with E-state index in [0.717, 1.165) is 39.6 Å². The van der Waals surface area contributed by atoms with E-state index in [1.165, 1.54) is 0 Å². The van der Waals surface area contributed by atoms with Crippen molar-refractivity contribution < 1.29 is 14.3 Å². The van der Waals surface area contributed by atoms with E-state index in [0.29, 0.717) is 5.75 Å². The molecule has 0 amide bonds. The van der Waals surface area contributed by atoms with Gasteiger partial charge in [0.05, 0.1) is 12.7 Å². The van der Waals surface area contributed by atoms with E-state index in [1.807, 2.05) is 19.1 Å². The molecule has 1 heterocycles. The molecule has 4 heteroatoms. The molecule has 1 fully saturated rings. The lowest BCUT2D eigenvalue weighted by Crippen LogP contribution is -2.05. The largest absolute Gasteiger partial charge is 0.493 e. The summed E-state index contributed by atoms with van der Waals surface area (Å²) in [5.74, 6) is 1.51. The lowest BCUT2D eigenvalue weighted by molar-refractivity contribution is 0.150. The van der Waals surface area contributed by atoms with Crippen LogP contribution >= 0.6 is 15.9 Å². The first kappa shape index (κ1) is 11.1. The van der Waals surface area contributed by atoms with Crippen LogP contribution in [0.25, 0.3) is 11.0 Å². The van der Waals surface area contributed by atoms with Crippen LogP contribution < -0.4 is 4.74 Å². The topological polar surface area (TPSA) is 42.6 Å². The molecule has 3 nitrogen and oxygen atoms in total. The fraction of sp³-hybridized carbons (Fsp3) is 0.385. The summed E-state index contributed by atoms with van der Waals surface area (Å²) in [7, 11) is 1.61. The number of benzene rings is 1. The second kappa shape index (κ2) is 3.50. The van der Waals surface area contributed by atoms with Crippen molar-refractivity contribution in [1.29, 1.82) is 0 Å². The molecule has 17 heavy (non-hydrogen) atoms. The molecule has 3 rings (SSSR count). The van der Waals surface area contributed by atoms with Crippen LogP contribution in [0.2, 0.25) is 0 Å². The van der Waals surface area contributed by atoms with Crippen LogP contribution in [-0.2, 0) is 5.60 Å². The van der Waals surface area contributed by atoms with Crippen LogP contribution in [0, 0.1) is 6.92 Å². The van der Waals surface area contributed by atoms with Crippen molar-refractivity contribution in [2.75, 3.05) is 7.11 Å². The molecular weight excluding hydrogens is 284 g/mol. The number of ether oxygens (including phenoxy) is 1. The number of hydrogen-bond donors (Lipinski definition) is 1. The van der Waals surface area contributed by atoms with Gasteiger partial charge in [-0.3, -0.25) is 0 Å². The summed E-state index contributed by atoms with van der Waals surface area (Å²) in [5.41, 5.74) is 0.929. The predicted molar refractivity (Wildman–Crippen MR) is 68.3 cm³/mol.